The lowest BCUT2D eigenvalue weighted by atomic mass is 9.98. The van der Waals surface area contributed by atoms with E-state index >= 15 is 0 Å². The lowest BCUT2D eigenvalue weighted by Crippen LogP contribution is -2.34. The fourth-order valence-electron chi connectivity index (χ4n) is 2.30. The molecule has 0 aliphatic carbocycles. The fraction of sp³-hybridized carbons (Fsp3) is 0.429. The number of carbonyl (C=O) groups is 1. The summed E-state index contributed by atoms with van der Waals surface area (Å²) in [5.41, 5.74) is 2.47. The largest absolute Gasteiger partial charge is 0.337 e. The highest BCUT2D eigenvalue weighted by atomic mass is 16.2. The maximum Gasteiger partial charge on any atom is 0.226 e. The minimum absolute atomic E-state index is 0.0114. The van der Waals surface area contributed by atoms with E-state index in [1.54, 1.807) is 4.90 Å². The van der Waals surface area contributed by atoms with Crippen LogP contribution in [0.25, 0.3) is 0 Å². The van der Waals surface area contributed by atoms with Gasteiger partial charge >= 0.3 is 0 Å². The molecule has 0 N–H and O–H groups in total. The molecule has 0 radical (unpaired) electrons. The molecule has 0 bridgehead atoms. The number of hydrogen-bond acceptors (Lipinski definition) is 2. The number of benzene rings is 1. The lowest BCUT2D eigenvalue weighted by Gasteiger charge is -2.21. The quantitative estimate of drug-likeness (QED) is 0.778. The predicted octanol–water partition coefficient (Wildman–Crippen LogP) is 2.12. The molecule has 1 atom stereocenters. The van der Waals surface area contributed by atoms with Gasteiger partial charge in [-0.2, -0.15) is 5.26 Å². The van der Waals surface area contributed by atoms with Crippen LogP contribution in [0.3, 0.4) is 0 Å². The van der Waals surface area contributed by atoms with Crippen molar-refractivity contribution in [2.45, 2.75) is 26.3 Å². The monoisotopic (exact) mass is 228 g/mol. The Bertz CT molecular complexity index is 462. The van der Waals surface area contributed by atoms with Gasteiger partial charge in [0.25, 0.3) is 0 Å². The molecular formula is C14H16N2O. The van der Waals surface area contributed by atoms with Crippen LogP contribution in [0, 0.1) is 17.2 Å². The van der Waals surface area contributed by atoms with E-state index in [-0.39, 0.29) is 11.8 Å². The van der Waals surface area contributed by atoms with Gasteiger partial charge in [0.05, 0.1) is 12.5 Å². The number of hydrogen-bond donors (Lipinski definition) is 0. The first-order chi connectivity index (χ1) is 8.22. The third kappa shape index (κ3) is 2.47. The van der Waals surface area contributed by atoms with E-state index in [4.69, 9.17) is 5.26 Å². The molecule has 1 aromatic rings. The third-order valence-corrected chi connectivity index (χ3v) is 3.23. The molecule has 0 saturated heterocycles. The summed E-state index contributed by atoms with van der Waals surface area (Å²) in [6.45, 7) is 3.14. The summed E-state index contributed by atoms with van der Waals surface area (Å²) in [5.74, 6) is 0.175. The summed E-state index contributed by atoms with van der Waals surface area (Å²) in [5, 5.41) is 8.63. The second kappa shape index (κ2) is 5.01. The number of amides is 1. The van der Waals surface area contributed by atoms with E-state index in [1.807, 2.05) is 19.1 Å². The third-order valence-electron chi connectivity index (χ3n) is 3.23. The van der Waals surface area contributed by atoms with Gasteiger partial charge in [-0.05, 0) is 17.5 Å². The molecule has 17 heavy (non-hydrogen) atoms. The highest BCUT2D eigenvalue weighted by molar-refractivity contribution is 5.79. The van der Waals surface area contributed by atoms with Crippen LogP contribution in [-0.2, 0) is 17.8 Å². The van der Waals surface area contributed by atoms with Crippen LogP contribution in [0.5, 0.6) is 0 Å². The first-order valence-corrected chi connectivity index (χ1v) is 5.95. The molecule has 1 unspecified atom stereocenters. The van der Waals surface area contributed by atoms with Gasteiger partial charge in [0.1, 0.15) is 0 Å². The smallest absolute Gasteiger partial charge is 0.226 e. The molecular weight excluding hydrogens is 212 g/mol. The molecule has 1 aliphatic heterocycles. The van der Waals surface area contributed by atoms with Gasteiger partial charge in [-0.25, -0.2) is 0 Å². The standard InChI is InChI=1S/C14H16N2O/c1-11-9-12-5-2-3-6-13(12)10-16(14(11)17)8-4-7-15/h2-3,5-6,11H,4,8-10H2,1H3. The molecule has 3 heteroatoms. The van der Waals surface area contributed by atoms with Crippen molar-refractivity contribution < 1.29 is 4.79 Å². The molecule has 3 nitrogen and oxygen atoms in total. The van der Waals surface area contributed by atoms with Crippen molar-refractivity contribution in [3.05, 3.63) is 35.4 Å². The van der Waals surface area contributed by atoms with Gasteiger partial charge in [-0.1, -0.05) is 31.2 Å². The number of nitrogens with zero attached hydrogens (tertiary/aromatic N) is 2. The van der Waals surface area contributed by atoms with E-state index in [9.17, 15) is 4.79 Å². The van der Waals surface area contributed by atoms with Crippen LogP contribution in [0.2, 0.25) is 0 Å². The molecule has 0 aromatic heterocycles. The average molecular weight is 228 g/mol. The molecule has 1 aliphatic rings. The molecule has 1 aromatic carbocycles. The molecule has 1 amide bonds. The Hall–Kier alpha value is -1.82. The summed E-state index contributed by atoms with van der Waals surface area (Å²) in [4.78, 5) is 13.9. The summed E-state index contributed by atoms with van der Waals surface area (Å²) < 4.78 is 0. The van der Waals surface area contributed by atoms with Gasteiger partial charge in [-0.15, -0.1) is 0 Å². The van der Waals surface area contributed by atoms with Crippen molar-refractivity contribution >= 4 is 5.91 Å². The molecule has 0 fully saturated rings. The zero-order chi connectivity index (χ0) is 12.3. The Morgan fingerprint density at radius 3 is 2.82 bits per heavy atom. The van der Waals surface area contributed by atoms with E-state index in [2.05, 4.69) is 18.2 Å². The molecule has 0 spiro atoms. The first-order valence-electron chi connectivity index (χ1n) is 5.95. The zero-order valence-electron chi connectivity index (χ0n) is 10.0. The van der Waals surface area contributed by atoms with Gasteiger partial charge in [0.15, 0.2) is 0 Å². The van der Waals surface area contributed by atoms with Crippen molar-refractivity contribution in [3.8, 4) is 6.07 Å². The van der Waals surface area contributed by atoms with E-state index < -0.39 is 0 Å². The molecule has 0 saturated carbocycles. The molecule has 88 valence electrons. The number of carbonyl (C=O) groups excluding carboxylic acids is 1. The summed E-state index contributed by atoms with van der Waals surface area (Å²) in [7, 11) is 0. The van der Waals surface area contributed by atoms with Crippen molar-refractivity contribution in [3.63, 3.8) is 0 Å². The van der Waals surface area contributed by atoms with Crippen molar-refractivity contribution in [2.24, 2.45) is 5.92 Å². The number of fused-ring (bicyclic) bond motifs is 1. The maximum atomic E-state index is 12.1. The van der Waals surface area contributed by atoms with Crippen LogP contribution in [0.1, 0.15) is 24.5 Å². The lowest BCUT2D eigenvalue weighted by molar-refractivity contribution is -0.135. The second-order valence-corrected chi connectivity index (χ2v) is 4.54. The average Bonchev–Trinajstić information content (AvgIpc) is 2.46. The highest BCUT2D eigenvalue weighted by Crippen LogP contribution is 2.22. The van der Waals surface area contributed by atoms with Crippen LogP contribution < -0.4 is 0 Å². The topological polar surface area (TPSA) is 44.1 Å². The fourth-order valence-corrected chi connectivity index (χ4v) is 2.30. The first kappa shape index (κ1) is 11.7. The SMILES string of the molecule is CC1Cc2ccccc2CN(CCC#N)C1=O. The van der Waals surface area contributed by atoms with Gasteiger partial charge in [-0.3, -0.25) is 4.79 Å². The molecule has 1 heterocycles. The van der Waals surface area contributed by atoms with Gasteiger partial charge in [0.2, 0.25) is 5.91 Å². The summed E-state index contributed by atoms with van der Waals surface area (Å²) in [6.07, 6.45) is 1.21. The Morgan fingerprint density at radius 2 is 2.12 bits per heavy atom. The zero-order valence-corrected chi connectivity index (χ0v) is 10.0. The van der Waals surface area contributed by atoms with Crippen LogP contribution in [-0.4, -0.2) is 17.4 Å². The van der Waals surface area contributed by atoms with E-state index in [0.717, 1.165) is 6.42 Å². The summed E-state index contributed by atoms with van der Waals surface area (Å²) in [6, 6.07) is 10.3. The van der Waals surface area contributed by atoms with Crippen molar-refractivity contribution in [2.75, 3.05) is 6.54 Å². The maximum absolute atomic E-state index is 12.1. The van der Waals surface area contributed by atoms with Crippen molar-refractivity contribution in [1.82, 2.24) is 4.90 Å². The molecule has 2 rings (SSSR count). The minimum Gasteiger partial charge on any atom is -0.337 e. The van der Waals surface area contributed by atoms with Crippen LogP contribution in [0.15, 0.2) is 24.3 Å². The Labute approximate surface area is 102 Å². The normalized spacial score (nSPS) is 19.4. The van der Waals surface area contributed by atoms with E-state index in [1.165, 1.54) is 11.1 Å². The van der Waals surface area contributed by atoms with Gasteiger partial charge < -0.3 is 4.90 Å². The summed E-state index contributed by atoms with van der Waals surface area (Å²) >= 11 is 0. The van der Waals surface area contributed by atoms with Crippen molar-refractivity contribution in [1.29, 1.82) is 5.26 Å². The van der Waals surface area contributed by atoms with Gasteiger partial charge in [0, 0.05) is 19.0 Å². The minimum atomic E-state index is 0.0114. The predicted molar refractivity (Wildman–Crippen MR) is 65.0 cm³/mol. The number of nitriles is 1. The Kier molecular flexibility index (Phi) is 3.43. The van der Waals surface area contributed by atoms with Crippen LogP contribution >= 0.6 is 0 Å². The highest BCUT2D eigenvalue weighted by Gasteiger charge is 2.25. The Balaban J connectivity index is 2.26. The Morgan fingerprint density at radius 1 is 1.41 bits per heavy atom. The van der Waals surface area contributed by atoms with Crippen LogP contribution in [0.4, 0.5) is 0 Å². The second-order valence-electron chi connectivity index (χ2n) is 4.54. The number of rotatable bonds is 2. The van der Waals surface area contributed by atoms with E-state index in [0.29, 0.717) is 19.5 Å².